The van der Waals surface area contributed by atoms with Gasteiger partial charge in [-0.25, -0.2) is 10.7 Å². The maximum absolute atomic E-state index is 13.7. The molecule has 2 rings (SSSR count). The van der Waals surface area contributed by atoms with Gasteiger partial charge in [0.2, 0.25) is 0 Å². The van der Waals surface area contributed by atoms with Crippen LogP contribution in [0, 0.1) is 0 Å². The van der Waals surface area contributed by atoms with Gasteiger partial charge in [0.05, 0.1) is 11.7 Å². The standard InChI is InChI=1S/C23H23F12N5O6/c24-20(25,26)16(41)37-5-6-38(17(42)21(27,28)29)9-10-40(19(44)23(33,34)35)15(11-13-1-3-14(4-2-13)36-46-45)12-39(8-7-37)18(43)22(30,31)32/h1-4,15,36,45H,5-12H2. The van der Waals surface area contributed by atoms with Gasteiger partial charge in [-0.2, -0.15) is 52.7 Å². The quantitative estimate of drug-likeness (QED) is 0.283. The molecule has 0 aromatic heterocycles. The molecule has 1 atom stereocenters. The first-order valence-corrected chi connectivity index (χ1v) is 12.6. The predicted octanol–water partition coefficient (Wildman–Crippen LogP) is 2.99. The molecule has 0 aliphatic carbocycles. The van der Waals surface area contributed by atoms with Crippen molar-refractivity contribution in [3.63, 3.8) is 0 Å². The first-order chi connectivity index (χ1) is 21.0. The molecule has 1 fully saturated rings. The summed E-state index contributed by atoms with van der Waals surface area (Å²) < 4.78 is 161. The van der Waals surface area contributed by atoms with Crippen LogP contribution >= 0.6 is 0 Å². The summed E-state index contributed by atoms with van der Waals surface area (Å²) in [5.41, 5.74) is 1.91. The van der Waals surface area contributed by atoms with E-state index in [2.05, 4.69) is 4.99 Å². The number of halogens is 12. The average molecular weight is 693 g/mol. The largest absolute Gasteiger partial charge is 0.471 e. The smallest absolute Gasteiger partial charge is 0.331 e. The van der Waals surface area contributed by atoms with E-state index in [9.17, 15) is 71.9 Å². The van der Waals surface area contributed by atoms with Crippen LogP contribution in [-0.2, 0) is 30.6 Å². The molecule has 260 valence electrons. The molecule has 0 radical (unpaired) electrons. The van der Waals surface area contributed by atoms with Crippen molar-refractivity contribution in [1.82, 2.24) is 19.6 Å². The summed E-state index contributed by atoms with van der Waals surface area (Å²) in [4.78, 5) is 51.5. The van der Waals surface area contributed by atoms with E-state index in [0.29, 0.717) is 0 Å². The highest BCUT2D eigenvalue weighted by molar-refractivity contribution is 5.85. The molecule has 46 heavy (non-hydrogen) atoms. The second kappa shape index (κ2) is 14.6. The second-order valence-corrected chi connectivity index (χ2v) is 9.57. The van der Waals surface area contributed by atoms with Crippen molar-refractivity contribution >= 4 is 29.3 Å². The zero-order valence-corrected chi connectivity index (χ0v) is 22.9. The average Bonchev–Trinajstić information content (AvgIpc) is 2.92. The third-order valence-corrected chi connectivity index (χ3v) is 6.44. The number of carbonyl (C=O) groups is 4. The van der Waals surface area contributed by atoms with Gasteiger partial charge in [-0.05, 0) is 24.1 Å². The molecule has 11 nitrogen and oxygen atoms in total. The van der Waals surface area contributed by atoms with Crippen LogP contribution in [0.3, 0.4) is 0 Å². The van der Waals surface area contributed by atoms with Gasteiger partial charge in [-0.15, -0.1) is 4.99 Å². The van der Waals surface area contributed by atoms with Gasteiger partial charge in [0.15, 0.2) is 0 Å². The van der Waals surface area contributed by atoms with E-state index in [1.807, 2.05) is 5.48 Å². The Hall–Kier alpha value is -4.02. The highest BCUT2D eigenvalue weighted by Gasteiger charge is 2.49. The van der Waals surface area contributed by atoms with Crippen LogP contribution in [0.5, 0.6) is 0 Å². The fraction of sp³-hybridized carbons (Fsp3) is 0.565. The van der Waals surface area contributed by atoms with Gasteiger partial charge in [0, 0.05) is 45.8 Å². The molecule has 0 spiro atoms. The number of nitrogens with one attached hydrogen (secondary N) is 1. The van der Waals surface area contributed by atoms with Crippen LogP contribution in [0.4, 0.5) is 58.4 Å². The molecule has 0 saturated carbocycles. The third kappa shape index (κ3) is 10.5. The lowest BCUT2D eigenvalue weighted by atomic mass is 10.0. The predicted molar refractivity (Wildman–Crippen MR) is 127 cm³/mol. The van der Waals surface area contributed by atoms with Crippen molar-refractivity contribution in [2.45, 2.75) is 37.2 Å². The minimum Gasteiger partial charge on any atom is -0.331 e. The van der Waals surface area contributed by atoms with Gasteiger partial charge >= 0.3 is 48.3 Å². The number of amides is 4. The maximum atomic E-state index is 13.7. The molecule has 1 aliphatic rings. The number of benzene rings is 1. The Morgan fingerprint density at radius 1 is 0.630 bits per heavy atom. The number of nitrogens with zero attached hydrogens (tertiary/aromatic N) is 4. The van der Waals surface area contributed by atoms with Crippen LogP contribution in [0.15, 0.2) is 24.3 Å². The van der Waals surface area contributed by atoms with Crippen molar-refractivity contribution in [1.29, 1.82) is 0 Å². The topological polar surface area (TPSA) is 123 Å². The maximum Gasteiger partial charge on any atom is 0.471 e. The molecule has 1 aromatic carbocycles. The van der Waals surface area contributed by atoms with Crippen LogP contribution in [-0.4, -0.2) is 125 Å². The molecule has 1 unspecified atom stereocenters. The highest BCUT2D eigenvalue weighted by atomic mass is 19.4. The van der Waals surface area contributed by atoms with Gasteiger partial charge in [-0.1, -0.05) is 12.1 Å². The Labute approximate surface area is 250 Å². The first kappa shape index (κ1) is 38.2. The Balaban J connectivity index is 2.71. The van der Waals surface area contributed by atoms with Crippen molar-refractivity contribution in [3.8, 4) is 0 Å². The minimum atomic E-state index is -5.78. The normalized spacial score (nSPS) is 18.1. The summed E-state index contributed by atoms with van der Waals surface area (Å²) in [7, 11) is 0. The lowest BCUT2D eigenvalue weighted by Crippen LogP contribution is -2.59. The summed E-state index contributed by atoms with van der Waals surface area (Å²) in [6.07, 6.45) is -23.8. The Kier molecular flexibility index (Phi) is 12.1. The van der Waals surface area contributed by atoms with Gasteiger partial charge in [0.1, 0.15) is 0 Å². The number of rotatable bonds is 4. The summed E-state index contributed by atoms with van der Waals surface area (Å²) in [6, 6.07) is 2.31. The van der Waals surface area contributed by atoms with Crippen molar-refractivity contribution in [3.05, 3.63) is 29.8 Å². The summed E-state index contributed by atoms with van der Waals surface area (Å²) in [5, 5.41) is 8.45. The number of alkyl halides is 12. The van der Waals surface area contributed by atoms with E-state index in [-0.39, 0.29) is 30.9 Å². The number of hydrogen-bond donors (Lipinski definition) is 2. The number of hydrogen-bond acceptors (Lipinski definition) is 7. The first-order valence-electron chi connectivity index (χ1n) is 12.6. The Bertz CT molecular complexity index is 1240. The van der Waals surface area contributed by atoms with Crippen LogP contribution in [0.2, 0.25) is 0 Å². The van der Waals surface area contributed by atoms with Crippen LogP contribution < -0.4 is 5.48 Å². The Morgan fingerprint density at radius 3 is 1.39 bits per heavy atom. The zero-order chi connectivity index (χ0) is 35.3. The fourth-order valence-corrected chi connectivity index (χ4v) is 4.33. The van der Waals surface area contributed by atoms with Crippen molar-refractivity contribution in [2.24, 2.45) is 0 Å². The minimum absolute atomic E-state index is 0.0257. The van der Waals surface area contributed by atoms with E-state index in [4.69, 9.17) is 5.26 Å². The second-order valence-electron chi connectivity index (χ2n) is 9.57. The van der Waals surface area contributed by atoms with Crippen molar-refractivity contribution < 1.29 is 82.1 Å². The molecule has 23 heteroatoms. The zero-order valence-electron chi connectivity index (χ0n) is 22.9. The van der Waals surface area contributed by atoms with E-state index in [1.165, 1.54) is 0 Å². The van der Waals surface area contributed by atoms with Gasteiger partial charge < -0.3 is 19.6 Å². The molecular formula is C23H23F12N5O6. The number of anilines is 1. The molecule has 0 bridgehead atoms. The molecule has 1 aromatic rings. The van der Waals surface area contributed by atoms with Gasteiger partial charge in [-0.3, -0.25) is 19.2 Å². The van der Waals surface area contributed by atoms with E-state index in [1.54, 1.807) is 0 Å². The van der Waals surface area contributed by atoms with Crippen molar-refractivity contribution in [2.75, 3.05) is 51.3 Å². The highest BCUT2D eigenvalue weighted by Crippen LogP contribution is 2.27. The summed E-state index contributed by atoms with van der Waals surface area (Å²) >= 11 is 0. The molecule has 1 heterocycles. The summed E-state index contributed by atoms with van der Waals surface area (Å²) in [5.74, 6) is -11.1. The fourth-order valence-electron chi connectivity index (χ4n) is 4.33. The lowest BCUT2D eigenvalue weighted by molar-refractivity contribution is -0.215. The third-order valence-electron chi connectivity index (χ3n) is 6.44. The van der Waals surface area contributed by atoms with Crippen LogP contribution in [0.25, 0.3) is 0 Å². The number of carbonyl (C=O) groups excluding carboxylic acids is 4. The SMILES string of the molecule is O=C(N1CCN(C(=O)C(F)(F)F)CCN(C(=O)C(F)(F)F)C(Cc2ccc(NOO)cc2)CN(C(=O)C(F)(F)F)CC1)C(F)(F)F. The van der Waals surface area contributed by atoms with Crippen LogP contribution in [0.1, 0.15) is 5.56 Å². The molecule has 1 aliphatic heterocycles. The lowest BCUT2D eigenvalue weighted by Gasteiger charge is -2.39. The molecule has 4 amide bonds. The Morgan fingerprint density at radius 2 is 1.00 bits per heavy atom. The monoisotopic (exact) mass is 693 g/mol. The summed E-state index contributed by atoms with van der Waals surface area (Å²) in [6.45, 7) is -10.0. The molecular weight excluding hydrogens is 670 g/mol. The van der Waals surface area contributed by atoms with E-state index >= 15 is 0 Å². The van der Waals surface area contributed by atoms with E-state index in [0.717, 1.165) is 24.3 Å². The molecule has 2 N–H and O–H groups in total. The molecule has 1 saturated heterocycles. The van der Waals surface area contributed by atoms with Gasteiger partial charge in [0.25, 0.3) is 0 Å². The van der Waals surface area contributed by atoms with E-state index < -0.39 is 107 Å².